The molecule has 0 bridgehead atoms. The van der Waals surface area contributed by atoms with Crippen molar-refractivity contribution in [2.75, 3.05) is 40.9 Å². The number of hydrogen-bond acceptors (Lipinski definition) is 7. The number of carbonyl (C=O) groups is 2. The van der Waals surface area contributed by atoms with E-state index in [0.717, 1.165) is 89.9 Å². The summed E-state index contributed by atoms with van der Waals surface area (Å²) >= 11 is 0. The van der Waals surface area contributed by atoms with Gasteiger partial charge in [-0.1, -0.05) is 299 Å². The van der Waals surface area contributed by atoms with Crippen molar-refractivity contribution >= 4 is 19.7 Å². The molecule has 0 aliphatic heterocycles. The first-order valence-corrected chi connectivity index (χ1v) is 37.7. The molecule has 0 fully saturated rings. The molecule has 9 nitrogen and oxygen atoms in total. The fraction of sp³-hybridized carbons (Fsp3) is 0.813. The van der Waals surface area contributed by atoms with Gasteiger partial charge in [-0.2, -0.15) is 0 Å². The van der Waals surface area contributed by atoms with E-state index in [1.807, 2.05) is 33.3 Å². The number of quaternary nitrogens is 1. The number of unbranched alkanes of at least 4 members (excludes halogenated alkanes) is 40. The number of allylic oxidation sites excluding steroid dienone is 11. The topological polar surface area (TPSA) is 114 Å². The van der Waals surface area contributed by atoms with Crippen molar-refractivity contribution in [1.82, 2.24) is 5.32 Å². The van der Waals surface area contributed by atoms with Gasteiger partial charge in [-0.3, -0.25) is 14.2 Å². The lowest BCUT2D eigenvalue weighted by atomic mass is 10.0. The zero-order valence-electron chi connectivity index (χ0n) is 56.8. The maximum absolute atomic E-state index is 13.6. The van der Waals surface area contributed by atoms with Gasteiger partial charge < -0.3 is 28.5 Å². The molecule has 3 atom stereocenters. The Kier molecular flexibility index (Phi) is 62.5. The van der Waals surface area contributed by atoms with E-state index in [4.69, 9.17) is 13.8 Å². The molecule has 0 saturated heterocycles. The maximum atomic E-state index is 13.6. The smallest absolute Gasteiger partial charge is 0.306 e. The molecule has 0 aromatic rings. The van der Waals surface area contributed by atoms with Crippen LogP contribution < -0.4 is 10.2 Å². The van der Waals surface area contributed by atoms with Gasteiger partial charge >= 0.3 is 5.97 Å². The van der Waals surface area contributed by atoms with Crippen molar-refractivity contribution in [2.45, 2.75) is 354 Å². The van der Waals surface area contributed by atoms with Crippen LogP contribution in [0.25, 0.3) is 0 Å². The lowest BCUT2D eigenvalue weighted by Crippen LogP contribution is -2.47. The van der Waals surface area contributed by atoms with Crippen molar-refractivity contribution < 1.29 is 37.3 Å². The van der Waals surface area contributed by atoms with E-state index >= 15 is 0 Å². The summed E-state index contributed by atoms with van der Waals surface area (Å²) in [5.41, 5.74) is 0. The number of nitrogens with zero attached hydrogens (tertiary/aromatic N) is 1. The zero-order valence-corrected chi connectivity index (χ0v) is 57.7. The van der Waals surface area contributed by atoms with Crippen molar-refractivity contribution in [2.24, 2.45) is 0 Å². The Morgan fingerprint density at radius 3 is 1.09 bits per heavy atom. The van der Waals surface area contributed by atoms with E-state index < -0.39 is 26.6 Å². The van der Waals surface area contributed by atoms with Gasteiger partial charge in [0, 0.05) is 12.8 Å². The summed E-state index contributed by atoms with van der Waals surface area (Å²) in [6.45, 7) is 6.83. The monoisotopic (exact) mass is 1210 g/mol. The Morgan fingerprint density at radius 2 is 0.718 bits per heavy atom. The van der Waals surface area contributed by atoms with Crippen molar-refractivity contribution in [3.8, 4) is 0 Å². The molecule has 3 unspecified atom stereocenters. The van der Waals surface area contributed by atoms with Gasteiger partial charge in [-0.15, -0.1) is 0 Å². The number of esters is 1. The van der Waals surface area contributed by atoms with Gasteiger partial charge in [0.25, 0.3) is 7.82 Å². The van der Waals surface area contributed by atoms with E-state index in [1.54, 1.807) is 0 Å². The van der Waals surface area contributed by atoms with Gasteiger partial charge in [-0.25, -0.2) is 0 Å². The van der Waals surface area contributed by atoms with Crippen LogP contribution in [0.1, 0.15) is 342 Å². The van der Waals surface area contributed by atoms with Gasteiger partial charge in [-0.05, 0) is 102 Å². The molecule has 0 rings (SSSR count). The Morgan fingerprint density at radius 1 is 0.412 bits per heavy atom. The van der Waals surface area contributed by atoms with Crippen LogP contribution in [0.3, 0.4) is 0 Å². The third-order valence-electron chi connectivity index (χ3n) is 16.1. The molecule has 0 aliphatic rings. The number of phosphoric ester groups is 1. The second kappa shape index (κ2) is 64.4. The number of amides is 1. The van der Waals surface area contributed by atoms with Crippen LogP contribution in [-0.4, -0.2) is 69.4 Å². The van der Waals surface area contributed by atoms with Crippen LogP contribution in [0.5, 0.6) is 0 Å². The molecular formula is C75H139N2O7P. The lowest BCUT2D eigenvalue weighted by Gasteiger charge is -2.30. The largest absolute Gasteiger partial charge is 0.756 e. The average Bonchev–Trinajstić information content (AvgIpc) is 3.50. The Bertz CT molecular complexity index is 1680. The normalized spacial score (nSPS) is 13.9. The summed E-state index contributed by atoms with van der Waals surface area (Å²) in [4.78, 5) is 40.2. The molecule has 0 aromatic carbocycles. The highest BCUT2D eigenvalue weighted by Crippen LogP contribution is 2.38. The van der Waals surface area contributed by atoms with Gasteiger partial charge in [0.05, 0.1) is 33.8 Å². The number of phosphoric acid groups is 1. The van der Waals surface area contributed by atoms with Crippen LogP contribution >= 0.6 is 7.82 Å². The predicted molar refractivity (Wildman–Crippen MR) is 367 cm³/mol. The quantitative estimate of drug-likeness (QED) is 0.0212. The molecule has 0 saturated carbocycles. The molecule has 1 N–H and O–H groups in total. The van der Waals surface area contributed by atoms with Crippen LogP contribution in [-0.2, 0) is 27.9 Å². The molecule has 0 heterocycles. The number of nitrogens with one attached hydrogen (secondary N) is 1. The third-order valence-corrected chi connectivity index (χ3v) is 17.1. The Hall–Kier alpha value is -2.55. The van der Waals surface area contributed by atoms with E-state index in [-0.39, 0.29) is 24.9 Å². The summed E-state index contributed by atoms with van der Waals surface area (Å²) in [5, 5.41) is 3.04. The van der Waals surface area contributed by atoms with Crippen LogP contribution in [0.2, 0.25) is 0 Å². The molecule has 0 aliphatic carbocycles. The molecule has 10 heteroatoms. The number of likely N-dealkylation sites (N-methyl/N-ethyl adjacent to an activating group) is 1. The van der Waals surface area contributed by atoms with E-state index in [2.05, 4.69) is 86.8 Å². The summed E-state index contributed by atoms with van der Waals surface area (Å²) in [6.07, 6.45) is 84.5. The van der Waals surface area contributed by atoms with Gasteiger partial charge in [0.2, 0.25) is 5.91 Å². The summed E-state index contributed by atoms with van der Waals surface area (Å²) in [5.74, 6) is -0.538. The minimum atomic E-state index is -4.71. The number of rotatable bonds is 66. The fourth-order valence-electron chi connectivity index (χ4n) is 10.5. The van der Waals surface area contributed by atoms with E-state index in [1.165, 1.54) is 218 Å². The predicted octanol–water partition coefficient (Wildman–Crippen LogP) is 22.5. The van der Waals surface area contributed by atoms with Crippen molar-refractivity contribution in [3.63, 3.8) is 0 Å². The van der Waals surface area contributed by atoms with Crippen molar-refractivity contribution in [1.29, 1.82) is 0 Å². The molecule has 0 spiro atoms. The van der Waals surface area contributed by atoms with E-state index in [0.29, 0.717) is 17.4 Å². The highest BCUT2D eigenvalue weighted by molar-refractivity contribution is 7.45. The zero-order chi connectivity index (χ0) is 62.1. The van der Waals surface area contributed by atoms with E-state index in [9.17, 15) is 19.0 Å². The molecule has 0 aromatic heterocycles. The first-order valence-electron chi connectivity index (χ1n) is 36.2. The second-order valence-corrected chi connectivity index (χ2v) is 27.1. The summed E-state index contributed by atoms with van der Waals surface area (Å²) in [6, 6.07) is -0.895. The third kappa shape index (κ3) is 65.7. The van der Waals surface area contributed by atoms with Crippen LogP contribution in [0.4, 0.5) is 0 Å². The summed E-state index contributed by atoms with van der Waals surface area (Å²) in [7, 11) is 1.18. The van der Waals surface area contributed by atoms with Crippen molar-refractivity contribution in [3.05, 3.63) is 72.9 Å². The fourth-order valence-corrected chi connectivity index (χ4v) is 11.2. The number of ether oxygens (including phenoxy) is 1. The first-order chi connectivity index (χ1) is 41.4. The highest BCUT2D eigenvalue weighted by atomic mass is 31.2. The minimum absolute atomic E-state index is 0.0248. The highest BCUT2D eigenvalue weighted by Gasteiger charge is 2.27. The minimum Gasteiger partial charge on any atom is -0.756 e. The molecular weight excluding hydrogens is 1070 g/mol. The second-order valence-electron chi connectivity index (χ2n) is 25.7. The van der Waals surface area contributed by atoms with Crippen LogP contribution in [0, 0.1) is 0 Å². The maximum Gasteiger partial charge on any atom is 0.306 e. The number of carbonyl (C=O) groups excluding carboxylic acids is 2. The standard InChI is InChI=1S/C75H139N2O7P/c1-7-10-13-16-19-22-25-28-30-32-34-36-37-38-39-41-43-45-47-50-53-56-59-62-65-68-75(79)84-73(66-63-60-57-54-51-48-27-24-21-18-15-12-9-3)72(71-83-85(80,81)82-70-69-77(4,5)6)76-74(78)67-64-61-58-55-52-49-46-44-42-40-35-33-31-29-26-23-20-17-14-11-8-2/h19-20,22-23,28-31,35,40,63,66,72-73H,7-18,21,24-27,32-34,36-39,41-62,64-65,67-71H2,1-6H3,(H-,76,78,80,81)/b22-19-,23-20-,30-28-,31-29-,40-35-,66-63+. The average molecular weight is 1210 g/mol. The molecule has 85 heavy (non-hydrogen) atoms. The Labute approximate surface area is 527 Å². The molecule has 0 radical (unpaired) electrons. The lowest BCUT2D eigenvalue weighted by molar-refractivity contribution is -0.870. The Balaban J connectivity index is 5.09. The molecule has 496 valence electrons. The van der Waals surface area contributed by atoms with Crippen LogP contribution in [0.15, 0.2) is 72.9 Å². The molecule has 1 amide bonds. The van der Waals surface area contributed by atoms with Gasteiger partial charge in [0.15, 0.2) is 0 Å². The SMILES string of the molecule is CCCCC/C=C\C/C=C\C/C=C\CCCCCCCCCCC(=O)NC(COP(=O)([O-])OCC[N+](C)(C)C)C(/C=C/CCCCCCCCCCCCC)OC(=O)CCCCCCCCCCCCCCCCC/C=C\C/C=C\CCCCC. The number of hydrogen-bond donors (Lipinski definition) is 1. The van der Waals surface area contributed by atoms with Gasteiger partial charge in [0.1, 0.15) is 19.3 Å². The first kappa shape index (κ1) is 82.5. The summed E-state index contributed by atoms with van der Waals surface area (Å²) < 4.78 is 30.5.